The van der Waals surface area contributed by atoms with E-state index in [1.165, 1.54) is 0 Å². The van der Waals surface area contributed by atoms with E-state index in [0.717, 1.165) is 53.7 Å². The first-order valence-corrected chi connectivity index (χ1v) is 47.2. The Bertz CT molecular complexity index is 4060. The summed E-state index contributed by atoms with van der Waals surface area (Å²) >= 11 is 0. The Morgan fingerprint density at radius 3 is 1.80 bits per heavy atom. The molecule has 6 fully saturated rings. The zero-order chi connectivity index (χ0) is 94.0. The van der Waals surface area contributed by atoms with Crippen molar-refractivity contribution in [3.63, 3.8) is 0 Å². The van der Waals surface area contributed by atoms with Crippen molar-refractivity contribution in [2.45, 2.75) is 317 Å². The maximum Gasteiger partial charge on any atom is 0.327 e. The minimum atomic E-state index is -1.84. The van der Waals surface area contributed by atoms with Gasteiger partial charge in [-0.05, 0) is 120 Å². The van der Waals surface area contributed by atoms with Gasteiger partial charge in [0.25, 0.3) is 0 Å². The van der Waals surface area contributed by atoms with Crippen molar-refractivity contribution in [1.82, 2.24) is 42.5 Å². The van der Waals surface area contributed by atoms with Crippen LogP contribution in [0.2, 0.25) is 0 Å². The summed E-state index contributed by atoms with van der Waals surface area (Å²) in [6.45, 7) is 17.6. The topological polar surface area (TPSA) is 560 Å². The SMILES string of the molecule is CO[C@@H]1C[C@@H](C[C@H]2CC[C@H](C)C([C@@H](C)C(=O)OCCSSC[C@H](NC(=O)[C@H](CC(=O)O)NC(=O)[C@@H](N)CNC(=O)[C@H](Cc3ccccc3)NC(=O)[C@H](Cc3ccccc3)NC(=O)CCCCCCCNC(=O)CC[C@H](NC(=O)N[C@@H](CCC(=O)O)C(=O)O)C(=O)O)C(=O)O)O2)O[C@]2(O[C@@](C)(C3CC[C@@](C)([C@@H]4O[C@@H]([C@@H]5O[C@@](O)(CO)[C@H](C)C[C@@H]5C)C[C@@H]4C)O3)C[C@H]2C)[C@@H]1C. The Kier molecular flexibility index (Phi) is 40.4. The fourth-order valence-corrected chi connectivity index (χ4v) is 20.6. The number of methoxy groups -OCH3 is 1. The summed E-state index contributed by atoms with van der Waals surface area (Å²) in [6.07, 6.45) is 3.99. The average Bonchev–Trinajstić information content (AvgIpc) is 1.56. The number of ether oxygens (including phenoxy) is 8. The summed E-state index contributed by atoms with van der Waals surface area (Å²) in [5, 5.41) is 88.4. The molecule has 26 atom stereocenters. The summed E-state index contributed by atoms with van der Waals surface area (Å²) in [5.41, 5.74) is 6.20. The van der Waals surface area contributed by atoms with Gasteiger partial charge in [0.15, 0.2) is 11.6 Å². The number of carbonyl (C=O) groups excluding carboxylic acids is 8. The lowest BCUT2D eigenvalue weighted by Gasteiger charge is -2.50. The molecule has 128 heavy (non-hydrogen) atoms. The zero-order valence-electron chi connectivity index (χ0n) is 74.9. The lowest BCUT2D eigenvalue weighted by molar-refractivity contribution is -0.353. The van der Waals surface area contributed by atoms with Gasteiger partial charge in [0.05, 0.1) is 79.0 Å². The third kappa shape index (κ3) is 30.1. The van der Waals surface area contributed by atoms with Crippen molar-refractivity contribution in [2.75, 3.05) is 44.9 Å². The van der Waals surface area contributed by atoms with Crippen LogP contribution in [0.4, 0.5) is 4.79 Å². The van der Waals surface area contributed by atoms with Gasteiger partial charge in [-0.2, -0.15) is 0 Å². The number of nitrogens with one attached hydrogen (secondary N) is 8. The standard InChI is InChI=1S/C89H135N9O28S2/c1-49-27-28-58(42-59-43-67(119-10)55(7)89(123-59)53(5)45-87(9,126-89)69-33-34-86(8,124-69)76-51(3)39-68(122-76)75-50(2)38-52(4)88(118,48-99)125-75)121-74(49)54(6)84(116)120-36-37-127-128-47-66(83(114)115)96-80(109)65(44-73(104)105)94-77(106)60(90)46-92-78(107)63(40-56-22-16-14-17-23-56)95-79(108)64(41-57-24-18-15-19-25-57)93-71(101)26-20-12-11-13-21-35-91-70(100)31-29-61(81(110)111)97-85(117)98-62(82(112)113)30-32-72(102)103/h14-19,22-25,49-55,58-69,74-76,99,118H,11-13,20-21,26-48,90H2,1-10H3,(H,91,100)(H,92,107)(H,93,101)(H,94,106)(H,95,108)(H,96,109)(H,102,103)(H,104,105)(H,110,111)(H,112,113)(H,114,115)(H2,97,98,117)/t49-,50-,51-,52+,53+,54+,55+,58+,59+,60-,61-,62-,63-,64-,65-,66-,67+,68+,69?,74?,75+,76+,86-,87+,88-,89+/m0/s1. The van der Waals surface area contributed by atoms with Crippen LogP contribution in [0.1, 0.15) is 202 Å². The molecule has 8 rings (SSSR count). The molecule has 2 unspecified atom stereocenters. The summed E-state index contributed by atoms with van der Waals surface area (Å²) in [7, 11) is 3.92. The van der Waals surface area contributed by atoms with Gasteiger partial charge in [-0.3, -0.25) is 43.2 Å². The van der Waals surface area contributed by atoms with Crippen molar-refractivity contribution < 1.29 is 136 Å². The molecule has 6 heterocycles. The molecule has 39 heteroatoms. The van der Waals surface area contributed by atoms with Crippen LogP contribution in [0.25, 0.3) is 0 Å². The van der Waals surface area contributed by atoms with Gasteiger partial charge in [0.2, 0.25) is 35.4 Å². The highest BCUT2D eigenvalue weighted by Gasteiger charge is 2.65. The van der Waals surface area contributed by atoms with E-state index in [1.54, 1.807) is 74.7 Å². The van der Waals surface area contributed by atoms with Crippen LogP contribution in [0, 0.1) is 41.4 Å². The molecule has 6 aliphatic rings. The Morgan fingerprint density at radius 2 is 1.18 bits per heavy atom. The molecular formula is C89H135N9O28S2. The minimum absolute atomic E-state index is 0.0113. The number of unbranched alkanes of at least 4 members (excludes halogenated alkanes) is 4. The van der Waals surface area contributed by atoms with E-state index in [2.05, 4.69) is 78.8 Å². The van der Waals surface area contributed by atoms with E-state index in [1.807, 2.05) is 19.2 Å². The molecule has 6 saturated heterocycles. The number of nitrogens with two attached hydrogens (primary N) is 1. The number of rotatable bonds is 50. The monoisotopic (exact) mass is 1840 g/mol. The van der Waals surface area contributed by atoms with Gasteiger partial charge in [-0.1, -0.05) is 143 Å². The zero-order valence-corrected chi connectivity index (χ0v) is 76.5. The molecule has 0 saturated carbocycles. The molecule has 0 aliphatic carbocycles. The van der Waals surface area contributed by atoms with Crippen LogP contribution in [-0.4, -0.2) is 272 Å². The van der Waals surface area contributed by atoms with Gasteiger partial charge in [-0.15, -0.1) is 0 Å². The van der Waals surface area contributed by atoms with E-state index >= 15 is 0 Å². The van der Waals surface area contributed by atoms with Crippen LogP contribution < -0.4 is 48.3 Å². The van der Waals surface area contributed by atoms with Crippen molar-refractivity contribution in [2.24, 2.45) is 47.2 Å². The molecule has 37 nitrogen and oxygen atoms in total. The second-order valence-corrected chi connectivity index (χ2v) is 38.7. The fourth-order valence-electron chi connectivity index (χ4n) is 18.6. The summed E-state index contributed by atoms with van der Waals surface area (Å²) < 4.78 is 53.6. The van der Waals surface area contributed by atoms with E-state index < -0.39 is 187 Å². The summed E-state index contributed by atoms with van der Waals surface area (Å²) in [6, 6.07) is 5.48. The van der Waals surface area contributed by atoms with E-state index in [-0.39, 0.29) is 135 Å². The number of amides is 8. The number of urea groups is 1. The molecule has 0 aromatic heterocycles. The Labute approximate surface area is 755 Å². The Hall–Kier alpha value is -8.35. The summed E-state index contributed by atoms with van der Waals surface area (Å²) in [4.78, 5) is 167. The highest BCUT2D eigenvalue weighted by molar-refractivity contribution is 8.76. The number of carboxylic acids is 5. The second kappa shape index (κ2) is 49.2. The second-order valence-electron chi connectivity index (χ2n) is 36.0. The van der Waals surface area contributed by atoms with Crippen LogP contribution in [0.5, 0.6) is 0 Å². The number of carboxylic acid groups (broad SMARTS) is 5. The van der Waals surface area contributed by atoms with Crippen LogP contribution in [-0.2, 0) is 108 Å². The van der Waals surface area contributed by atoms with Crippen LogP contribution in [0.15, 0.2) is 60.7 Å². The first kappa shape index (κ1) is 105. The van der Waals surface area contributed by atoms with Gasteiger partial charge >= 0.3 is 41.8 Å². The molecule has 716 valence electrons. The lowest BCUT2D eigenvalue weighted by atomic mass is 9.78. The lowest BCUT2D eigenvalue weighted by Crippen LogP contribution is -2.58. The number of aliphatic carboxylic acids is 5. The maximum absolute atomic E-state index is 14.3. The van der Waals surface area contributed by atoms with Crippen molar-refractivity contribution >= 4 is 98.9 Å². The number of benzene rings is 2. The molecule has 0 bridgehead atoms. The third-order valence-corrected chi connectivity index (χ3v) is 28.2. The highest BCUT2D eigenvalue weighted by Crippen LogP contribution is 2.57. The van der Waals surface area contributed by atoms with Crippen molar-refractivity contribution in [3.8, 4) is 0 Å². The van der Waals surface area contributed by atoms with E-state index in [0.29, 0.717) is 68.9 Å². The average molecular weight is 1840 g/mol. The number of carbonyl (C=O) groups is 13. The minimum Gasteiger partial charge on any atom is -0.481 e. The molecule has 2 aromatic carbocycles. The van der Waals surface area contributed by atoms with E-state index in [9.17, 15) is 93.0 Å². The predicted molar refractivity (Wildman–Crippen MR) is 467 cm³/mol. The van der Waals surface area contributed by atoms with Gasteiger partial charge in [0, 0.05) is 94.4 Å². The first-order chi connectivity index (χ1) is 60.6. The van der Waals surface area contributed by atoms with Crippen LogP contribution in [0.3, 0.4) is 0 Å². The number of aliphatic hydroxyl groups excluding tert-OH is 1. The van der Waals surface area contributed by atoms with Gasteiger partial charge < -0.3 is 122 Å². The number of aliphatic hydroxyl groups is 2. The maximum atomic E-state index is 14.3. The molecular weight excluding hydrogens is 1710 g/mol. The molecule has 1 spiro atoms. The van der Waals surface area contributed by atoms with Crippen LogP contribution >= 0.6 is 21.6 Å². The molecule has 17 N–H and O–H groups in total. The quantitative estimate of drug-likeness (QED) is 0.0227. The van der Waals surface area contributed by atoms with Crippen molar-refractivity contribution in [1.29, 1.82) is 0 Å². The first-order valence-electron chi connectivity index (χ1n) is 44.7. The van der Waals surface area contributed by atoms with Gasteiger partial charge in [0.1, 0.15) is 48.9 Å². The van der Waals surface area contributed by atoms with E-state index in [4.69, 9.17) is 48.7 Å². The molecule has 2 aromatic rings. The number of hydrogen-bond donors (Lipinski definition) is 16. The largest absolute Gasteiger partial charge is 0.481 e. The molecule has 0 radical (unpaired) electrons. The highest BCUT2D eigenvalue weighted by atomic mass is 33.1. The fraction of sp³-hybridized carbons (Fsp3) is 0.719. The molecule has 8 amide bonds. The normalized spacial score (nSPS) is 29.9. The predicted octanol–water partition coefficient (Wildman–Crippen LogP) is 5.28. The smallest absolute Gasteiger partial charge is 0.327 e. The number of hydrogen-bond acceptors (Lipinski definition) is 26. The summed E-state index contributed by atoms with van der Waals surface area (Å²) in [5.74, 6) is -16.0. The molecule has 6 aliphatic heterocycles. The number of esters is 1. The van der Waals surface area contributed by atoms with Gasteiger partial charge in [-0.25, -0.2) is 19.2 Å². The van der Waals surface area contributed by atoms with Crippen molar-refractivity contribution in [3.05, 3.63) is 71.8 Å². The Balaban J connectivity index is 0.750. The Morgan fingerprint density at radius 1 is 0.578 bits per heavy atom. The third-order valence-electron chi connectivity index (χ3n) is 25.9.